The van der Waals surface area contributed by atoms with Crippen LogP contribution < -0.4 is 10.5 Å². The van der Waals surface area contributed by atoms with Crippen molar-refractivity contribution in [3.05, 3.63) is 42.2 Å². The number of aromatic hydroxyl groups is 1. The summed E-state index contributed by atoms with van der Waals surface area (Å²) in [6.45, 7) is 0. The molecule has 1 aromatic carbocycles. The fourth-order valence-electron chi connectivity index (χ4n) is 1.57. The average molecular weight is 273 g/mol. The zero-order valence-electron chi connectivity index (χ0n) is 11.2. The summed E-state index contributed by atoms with van der Waals surface area (Å²) in [5.41, 5.74) is 6.12. The molecule has 2 aromatic rings. The molecule has 1 amide bonds. The number of anilines is 1. The van der Waals surface area contributed by atoms with Crippen molar-refractivity contribution < 1.29 is 14.6 Å². The van der Waals surface area contributed by atoms with Gasteiger partial charge >= 0.3 is 0 Å². The van der Waals surface area contributed by atoms with Gasteiger partial charge in [-0.2, -0.15) is 0 Å². The van der Waals surface area contributed by atoms with Gasteiger partial charge in [-0.05, 0) is 18.2 Å². The first-order chi connectivity index (χ1) is 9.49. The molecule has 0 bridgehead atoms. The molecule has 1 aromatic heterocycles. The topological polar surface area (TPSA) is 88.7 Å². The smallest absolute Gasteiger partial charge is 0.272 e. The molecule has 0 aliphatic rings. The number of nitrogens with two attached hydrogens (primary N) is 1. The summed E-state index contributed by atoms with van der Waals surface area (Å²) in [5, 5.41) is 9.52. The molecule has 0 atom stereocenters. The van der Waals surface area contributed by atoms with Crippen molar-refractivity contribution in [2.75, 3.05) is 19.8 Å². The molecular formula is C14H15N3O3. The number of carbonyl (C=O) groups is 1. The Bertz CT molecular complexity index is 641. The van der Waals surface area contributed by atoms with Gasteiger partial charge in [0.25, 0.3) is 5.91 Å². The van der Waals surface area contributed by atoms with Gasteiger partial charge in [0, 0.05) is 26.4 Å². The van der Waals surface area contributed by atoms with Crippen molar-refractivity contribution >= 4 is 11.6 Å². The maximum Gasteiger partial charge on any atom is 0.272 e. The predicted octanol–water partition coefficient (Wildman–Crippen LogP) is 1.86. The third-order valence-electron chi connectivity index (χ3n) is 2.63. The van der Waals surface area contributed by atoms with Crippen molar-refractivity contribution in [1.29, 1.82) is 0 Å². The monoisotopic (exact) mass is 273 g/mol. The van der Waals surface area contributed by atoms with E-state index in [2.05, 4.69) is 4.98 Å². The van der Waals surface area contributed by atoms with Gasteiger partial charge in [0.2, 0.25) is 0 Å². The molecule has 0 unspecified atom stereocenters. The largest absolute Gasteiger partial charge is 0.506 e. The number of nitrogen functional groups attached to an aromatic ring is 1. The number of amides is 1. The summed E-state index contributed by atoms with van der Waals surface area (Å²) in [4.78, 5) is 17.2. The molecule has 6 heteroatoms. The number of phenols is 1. The number of para-hydroxylation sites is 1. The van der Waals surface area contributed by atoms with Crippen LogP contribution >= 0.6 is 0 Å². The van der Waals surface area contributed by atoms with Crippen LogP contribution in [0.15, 0.2) is 36.5 Å². The normalized spacial score (nSPS) is 10.1. The second-order valence-electron chi connectivity index (χ2n) is 4.37. The fraction of sp³-hybridized carbons (Fsp3) is 0.143. The summed E-state index contributed by atoms with van der Waals surface area (Å²) in [6, 6.07) is 7.84. The molecule has 1 heterocycles. The van der Waals surface area contributed by atoms with Gasteiger partial charge < -0.3 is 20.5 Å². The van der Waals surface area contributed by atoms with Crippen LogP contribution in [0.25, 0.3) is 0 Å². The zero-order valence-corrected chi connectivity index (χ0v) is 11.2. The zero-order chi connectivity index (χ0) is 14.7. The molecule has 20 heavy (non-hydrogen) atoms. The predicted molar refractivity (Wildman–Crippen MR) is 74.8 cm³/mol. The van der Waals surface area contributed by atoms with Crippen LogP contribution in [0.2, 0.25) is 0 Å². The highest BCUT2D eigenvalue weighted by molar-refractivity contribution is 5.92. The van der Waals surface area contributed by atoms with E-state index in [1.54, 1.807) is 32.3 Å². The number of ether oxygens (including phenoxy) is 1. The van der Waals surface area contributed by atoms with E-state index in [0.717, 1.165) is 0 Å². The van der Waals surface area contributed by atoms with E-state index in [4.69, 9.17) is 10.5 Å². The quantitative estimate of drug-likeness (QED) is 0.658. The minimum Gasteiger partial charge on any atom is -0.506 e. The van der Waals surface area contributed by atoms with Gasteiger partial charge in [0.15, 0.2) is 5.75 Å². The molecule has 0 saturated carbocycles. The number of phenolic OH excluding ortho intramolecular Hbond substituents is 1. The van der Waals surface area contributed by atoms with Gasteiger partial charge in [-0.25, -0.2) is 0 Å². The van der Waals surface area contributed by atoms with Gasteiger partial charge in [-0.1, -0.05) is 6.07 Å². The lowest BCUT2D eigenvalue weighted by atomic mass is 10.2. The number of nitrogens with zero attached hydrogens (tertiary/aromatic N) is 2. The summed E-state index contributed by atoms with van der Waals surface area (Å²) >= 11 is 0. The van der Waals surface area contributed by atoms with E-state index < -0.39 is 0 Å². The molecule has 0 fully saturated rings. The van der Waals surface area contributed by atoms with Crippen LogP contribution in [-0.2, 0) is 0 Å². The molecule has 0 saturated heterocycles. The van der Waals surface area contributed by atoms with E-state index in [1.165, 1.54) is 23.2 Å². The van der Waals surface area contributed by atoms with Crippen molar-refractivity contribution in [2.45, 2.75) is 0 Å². The maximum atomic E-state index is 11.8. The number of benzene rings is 1. The van der Waals surface area contributed by atoms with E-state index in [9.17, 15) is 9.90 Å². The molecule has 6 nitrogen and oxygen atoms in total. The summed E-state index contributed by atoms with van der Waals surface area (Å²) in [5.74, 6) is 0.461. The Morgan fingerprint density at radius 3 is 2.80 bits per heavy atom. The number of pyridine rings is 1. The molecule has 0 aliphatic heterocycles. The molecule has 0 spiro atoms. The Morgan fingerprint density at radius 1 is 1.35 bits per heavy atom. The first kappa shape index (κ1) is 13.7. The second-order valence-corrected chi connectivity index (χ2v) is 4.37. The Morgan fingerprint density at radius 2 is 2.10 bits per heavy atom. The third kappa shape index (κ3) is 2.80. The van der Waals surface area contributed by atoms with Gasteiger partial charge in [-0.15, -0.1) is 0 Å². The number of rotatable bonds is 3. The summed E-state index contributed by atoms with van der Waals surface area (Å²) in [7, 11) is 3.29. The number of hydrogen-bond donors (Lipinski definition) is 2. The van der Waals surface area contributed by atoms with Gasteiger partial charge in [0.05, 0.1) is 0 Å². The van der Waals surface area contributed by atoms with Crippen LogP contribution in [0.5, 0.6) is 17.2 Å². The second kappa shape index (κ2) is 5.48. The van der Waals surface area contributed by atoms with E-state index in [0.29, 0.717) is 11.5 Å². The van der Waals surface area contributed by atoms with E-state index in [-0.39, 0.29) is 23.0 Å². The van der Waals surface area contributed by atoms with Crippen LogP contribution in [0.4, 0.5) is 5.69 Å². The SMILES string of the molecule is CN(C)C(=O)c1cc(Oc2cccc(O)c2N)ccn1. The van der Waals surface area contributed by atoms with Gasteiger partial charge in [0.1, 0.15) is 22.9 Å². The number of hydrogen-bond acceptors (Lipinski definition) is 5. The van der Waals surface area contributed by atoms with Gasteiger partial charge in [-0.3, -0.25) is 9.78 Å². The highest BCUT2D eigenvalue weighted by atomic mass is 16.5. The lowest BCUT2D eigenvalue weighted by Crippen LogP contribution is -2.22. The first-order valence-electron chi connectivity index (χ1n) is 5.92. The average Bonchev–Trinajstić information content (AvgIpc) is 2.43. The van der Waals surface area contributed by atoms with Crippen LogP contribution in [0.3, 0.4) is 0 Å². The Balaban J connectivity index is 2.28. The molecule has 0 aliphatic carbocycles. The van der Waals surface area contributed by atoms with Crippen molar-refractivity contribution in [2.24, 2.45) is 0 Å². The Labute approximate surface area is 116 Å². The van der Waals surface area contributed by atoms with Crippen LogP contribution in [-0.4, -0.2) is 35.0 Å². The number of aromatic nitrogens is 1. The fourth-order valence-corrected chi connectivity index (χ4v) is 1.57. The lowest BCUT2D eigenvalue weighted by molar-refractivity contribution is 0.0821. The first-order valence-corrected chi connectivity index (χ1v) is 5.92. The molecule has 0 radical (unpaired) electrons. The summed E-state index contributed by atoms with van der Waals surface area (Å²) < 4.78 is 5.56. The third-order valence-corrected chi connectivity index (χ3v) is 2.63. The number of carbonyl (C=O) groups excluding carboxylic acids is 1. The van der Waals surface area contributed by atoms with Crippen molar-refractivity contribution in [1.82, 2.24) is 9.88 Å². The highest BCUT2D eigenvalue weighted by Gasteiger charge is 2.12. The molecular weight excluding hydrogens is 258 g/mol. The highest BCUT2D eigenvalue weighted by Crippen LogP contribution is 2.33. The molecule has 104 valence electrons. The lowest BCUT2D eigenvalue weighted by Gasteiger charge is -2.12. The standard InChI is InChI=1S/C14H15N3O3/c1-17(2)14(19)10-8-9(6-7-16-10)20-12-5-3-4-11(18)13(12)15/h3-8,18H,15H2,1-2H3. The van der Waals surface area contributed by atoms with Crippen molar-refractivity contribution in [3.63, 3.8) is 0 Å². The van der Waals surface area contributed by atoms with E-state index in [1.807, 2.05) is 0 Å². The summed E-state index contributed by atoms with van der Waals surface area (Å²) in [6.07, 6.45) is 1.48. The molecule has 2 rings (SSSR count). The Kier molecular flexibility index (Phi) is 3.74. The van der Waals surface area contributed by atoms with Crippen molar-refractivity contribution in [3.8, 4) is 17.2 Å². The Hall–Kier alpha value is -2.76. The minimum atomic E-state index is -0.223. The van der Waals surface area contributed by atoms with Crippen LogP contribution in [0.1, 0.15) is 10.5 Å². The maximum absolute atomic E-state index is 11.8. The minimum absolute atomic E-state index is 0.0545. The molecule has 3 N–H and O–H groups in total. The van der Waals surface area contributed by atoms with Crippen LogP contribution in [0, 0.1) is 0 Å². The van der Waals surface area contributed by atoms with E-state index >= 15 is 0 Å².